The molecule has 1 aromatic heterocycles. The second-order valence-corrected chi connectivity index (χ2v) is 11.2. The molecule has 0 aliphatic carbocycles. The molecule has 1 aliphatic heterocycles. The number of ether oxygens (including phenoxy) is 2. The summed E-state index contributed by atoms with van der Waals surface area (Å²) < 4.78 is 13.2. The first kappa shape index (κ1) is 28.9. The molecule has 0 fully saturated rings. The molecule has 1 aliphatic rings. The third kappa shape index (κ3) is 6.48. The zero-order valence-electron chi connectivity index (χ0n) is 22.8. The quantitative estimate of drug-likeness (QED) is 0.179. The summed E-state index contributed by atoms with van der Waals surface area (Å²) in [6.07, 6.45) is 0.998. The van der Waals surface area contributed by atoms with Crippen LogP contribution in [0.3, 0.4) is 0 Å². The standard InChI is InChI=1S/C30H29Cl2N5O3S/c1-4-15-41-30-35-29-33-18(2)26(28(38)34-24-7-5-6-8-25(24)39-3)27(37(29)36-30)19-10-13-22(14-11-19)40-17-20-9-12-21(31)16-23(20)32/h5-14,16,27H,4,15,17H2,1-3H3,(H,34,38)(H,33,35,36). The Morgan fingerprint density at radius 3 is 2.63 bits per heavy atom. The van der Waals surface area contributed by atoms with E-state index in [1.54, 1.807) is 47.8 Å². The van der Waals surface area contributed by atoms with E-state index in [2.05, 4.69) is 22.5 Å². The molecule has 212 valence electrons. The molecule has 0 radical (unpaired) electrons. The number of allylic oxidation sites excluding steroid dienone is 1. The smallest absolute Gasteiger partial charge is 0.255 e. The fourth-order valence-corrected chi connectivity index (χ4v) is 5.62. The van der Waals surface area contributed by atoms with Gasteiger partial charge in [0.2, 0.25) is 11.1 Å². The maximum atomic E-state index is 13.8. The number of thioether (sulfide) groups is 1. The lowest BCUT2D eigenvalue weighted by molar-refractivity contribution is -0.113. The average Bonchev–Trinajstić information content (AvgIpc) is 3.37. The van der Waals surface area contributed by atoms with E-state index >= 15 is 0 Å². The van der Waals surface area contributed by atoms with Gasteiger partial charge in [-0.2, -0.15) is 4.98 Å². The highest BCUT2D eigenvalue weighted by Gasteiger charge is 2.34. The minimum absolute atomic E-state index is 0.272. The Morgan fingerprint density at radius 1 is 1.12 bits per heavy atom. The molecule has 1 amide bonds. The molecule has 0 bridgehead atoms. The Hall–Kier alpha value is -3.66. The van der Waals surface area contributed by atoms with Gasteiger partial charge in [-0.05, 0) is 55.3 Å². The summed E-state index contributed by atoms with van der Waals surface area (Å²) in [6.45, 7) is 4.27. The van der Waals surface area contributed by atoms with E-state index in [0.29, 0.717) is 56.2 Å². The number of hydrogen-bond donors (Lipinski definition) is 2. The Morgan fingerprint density at radius 2 is 1.90 bits per heavy atom. The van der Waals surface area contributed by atoms with Crippen LogP contribution in [0.4, 0.5) is 11.6 Å². The van der Waals surface area contributed by atoms with Crippen LogP contribution in [0.25, 0.3) is 0 Å². The maximum Gasteiger partial charge on any atom is 0.255 e. The number of halogens is 2. The van der Waals surface area contributed by atoms with Gasteiger partial charge >= 0.3 is 0 Å². The molecule has 0 saturated heterocycles. The molecule has 0 spiro atoms. The molecule has 11 heteroatoms. The fourth-order valence-electron chi connectivity index (χ4n) is 4.47. The number of benzene rings is 3. The normalized spacial score (nSPS) is 14.3. The zero-order valence-corrected chi connectivity index (χ0v) is 25.1. The van der Waals surface area contributed by atoms with Gasteiger partial charge in [0.1, 0.15) is 24.1 Å². The van der Waals surface area contributed by atoms with Gasteiger partial charge < -0.3 is 20.1 Å². The SMILES string of the molecule is CCCSc1nc2n(n1)C(c1ccc(OCc3ccc(Cl)cc3Cl)cc1)C(C(=O)Nc1ccccc1OC)=C(C)N2. The van der Waals surface area contributed by atoms with Crippen LogP contribution in [0.2, 0.25) is 10.0 Å². The highest BCUT2D eigenvalue weighted by atomic mass is 35.5. The molecule has 8 nitrogen and oxygen atoms in total. The molecular formula is C30H29Cl2N5O3S. The third-order valence-corrected chi connectivity index (χ3v) is 8.10. The number of para-hydroxylation sites is 2. The maximum absolute atomic E-state index is 13.8. The summed E-state index contributed by atoms with van der Waals surface area (Å²) in [5, 5.41) is 12.8. The predicted octanol–water partition coefficient (Wildman–Crippen LogP) is 7.60. The lowest BCUT2D eigenvalue weighted by Crippen LogP contribution is -2.31. The van der Waals surface area contributed by atoms with Crippen molar-refractivity contribution in [1.29, 1.82) is 0 Å². The van der Waals surface area contributed by atoms with Gasteiger partial charge in [0.05, 0.1) is 18.4 Å². The Labute approximate surface area is 253 Å². The van der Waals surface area contributed by atoms with Crippen LogP contribution in [0, 0.1) is 0 Å². The van der Waals surface area contributed by atoms with Crippen molar-refractivity contribution < 1.29 is 14.3 Å². The fraction of sp³-hybridized carbons (Fsp3) is 0.233. The topological polar surface area (TPSA) is 90.3 Å². The molecule has 1 atom stereocenters. The third-order valence-electron chi connectivity index (χ3n) is 6.47. The second-order valence-electron chi connectivity index (χ2n) is 9.33. The van der Waals surface area contributed by atoms with Crippen molar-refractivity contribution in [3.8, 4) is 11.5 Å². The summed E-state index contributed by atoms with van der Waals surface area (Å²) >= 11 is 13.9. The number of aromatic nitrogens is 3. The largest absolute Gasteiger partial charge is 0.495 e. The average molecular weight is 611 g/mol. The van der Waals surface area contributed by atoms with Crippen molar-refractivity contribution in [2.45, 2.75) is 38.1 Å². The molecule has 4 aromatic rings. The number of hydrogen-bond acceptors (Lipinski definition) is 7. The molecule has 2 heterocycles. The number of methoxy groups -OCH3 is 1. The molecule has 5 rings (SSSR count). The van der Waals surface area contributed by atoms with Crippen LogP contribution in [0.5, 0.6) is 11.5 Å². The van der Waals surface area contributed by atoms with Gasteiger partial charge in [-0.25, -0.2) is 4.68 Å². The lowest BCUT2D eigenvalue weighted by Gasteiger charge is -2.29. The first-order valence-electron chi connectivity index (χ1n) is 13.1. The summed E-state index contributed by atoms with van der Waals surface area (Å²) in [6, 6.07) is 19.7. The van der Waals surface area contributed by atoms with E-state index in [1.807, 2.05) is 49.4 Å². The van der Waals surface area contributed by atoms with E-state index < -0.39 is 6.04 Å². The van der Waals surface area contributed by atoms with E-state index in [4.69, 9.17) is 37.8 Å². The highest BCUT2D eigenvalue weighted by molar-refractivity contribution is 7.99. The number of amides is 1. The number of carbonyl (C=O) groups is 1. The van der Waals surface area contributed by atoms with Gasteiger partial charge in [0.15, 0.2) is 0 Å². The molecular weight excluding hydrogens is 581 g/mol. The van der Waals surface area contributed by atoms with Crippen LogP contribution in [-0.4, -0.2) is 33.5 Å². The summed E-state index contributed by atoms with van der Waals surface area (Å²) in [5.74, 6) is 2.43. The van der Waals surface area contributed by atoms with Crippen LogP contribution in [-0.2, 0) is 11.4 Å². The summed E-state index contributed by atoms with van der Waals surface area (Å²) in [4.78, 5) is 18.5. The molecule has 41 heavy (non-hydrogen) atoms. The van der Waals surface area contributed by atoms with Crippen LogP contribution >= 0.6 is 35.0 Å². The van der Waals surface area contributed by atoms with Gasteiger partial charge in [0.25, 0.3) is 5.91 Å². The molecule has 2 N–H and O–H groups in total. The highest BCUT2D eigenvalue weighted by Crippen LogP contribution is 2.38. The predicted molar refractivity (Wildman–Crippen MR) is 164 cm³/mol. The molecule has 3 aromatic carbocycles. The van der Waals surface area contributed by atoms with E-state index in [9.17, 15) is 4.79 Å². The van der Waals surface area contributed by atoms with E-state index in [-0.39, 0.29) is 5.91 Å². The van der Waals surface area contributed by atoms with Crippen molar-refractivity contribution in [3.63, 3.8) is 0 Å². The number of nitrogens with zero attached hydrogens (tertiary/aromatic N) is 3. The first-order chi connectivity index (χ1) is 19.9. The minimum Gasteiger partial charge on any atom is -0.495 e. The monoisotopic (exact) mass is 609 g/mol. The van der Waals surface area contributed by atoms with Crippen molar-refractivity contribution >= 4 is 52.5 Å². The Kier molecular flexibility index (Phi) is 9.07. The van der Waals surface area contributed by atoms with Crippen molar-refractivity contribution in [2.24, 2.45) is 0 Å². The Bertz CT molecular complexity index is 1590. The van der Waals surface area contributed by atoms with Crippen LogP contribution in [0.1, 0.15) is 37.4 Å². The second kappa shape index (κ2) is 12.9. The van der Waals surface area contributed by atoms with Crippen LogP contribution in [0.15, 0.2) is 83.2 Å². The summed E-state index contributed by atoms with van der Waals surface area (Å²) in [5.41, 5.74) is 3.46. The van der Waals surface area contributed by atoms with Crippen molar-refractivity contribution in [1.82, 2.24) is 14.8 Å². The minimum atomic E-state index is -0.524. The van der Waals surface area contributed by atoms with Gasteiger partial charge in [-0.1, -0.05) is 72.2 Å². The van der Waals surface area contributed by atoms with Crippen molar-refractivity contribution in [3.05, 3.63) is 99.2 Å². The van der Waals surface area contributed by atoms with E-state index in [1.165, 1.54) is 0 Å². The molecule has 0 saturated carbocycles. The van der Waals surface area contributed by atoms with Gasteiger partial charge in [0, 0.05) is 27.1 Å². The first-order valence-corrected chi connectivity index (χ1v) is 14.8. The van der Waals surface area contributed by atoms with Gasteiger partial charge in [-0.3, -0.25) is 4.79 Å². The number of carbonyl (C=O) groups excluding carboxylic acids is 1. The Balaban J connectivity index is 1.45. The number of rotatable bonds is 10. The number of nitrogens with one attached hydrogen (secondary N) is 2. The number of anilines is 2. The van der Waals surface area contributed by atoms with E-state index in [0.717, 1.165) is 23.3 Å². The van der Waals surface area contributed by atoms with Crippen molar-refractivity contribution in [2.75, 3.05) is 23.5 Å². The zero-order chi connectivity index (χ0) is 28.9. The number of fused-ring (bicyclic) bond motifs is 1. The summed E-state index contributed by atoms with van der Waals surface area (Å²) in [7, 11) is 1.57. The molecule has 1 unspecified atom stereocenters. The van der Waals surface area contributed by atoms with Gasteiger partial charge in [-0.15, -0.1) is 5.10 Å². The van der Waals surface area contributed by atoms with Crippen LogP contribution < -0.4 is 20.1 Å². The lowest BCUT2D eigenvalue weighted by atomic mass is 9.95.